The molecule has 0 saturated heterocycles. The summed E-state index contributed by atoms with van der Waals surface area (Å²) in [5, 5.41) is 8.79. The summed E-state index contributed by atoms with van der Waals surface area (Å²) in [6, 6.07) is 0.624. The summed E-state index contributed by atoms with van der Waals surface area (Å²) < 4.78 is 2.04. The second-order valence-electron chi connectivity index (χ2n) is 5.00. The molecule has 3 nitrogen and oxygen atoms in total. The summed E-state index contributed by atoms with van der Waals surface area (Å²) in [4.78, 5) is 0. The van der Waals surface area contributed by atoms with E-state index >= 15 is 0 Å². The first-order chi connectivity index (χ1) is 9.11. The van der Waals surface area contributed by atoms with Gasteiger partial charge in [-0.05, 0) is 39.0 Å². The van der Waals surface area contributed by atoms with E-state index in [-0.39, 0.29) is 6.04 Å². The van der Waals surface area contributed by atoms with Gasteiger partial charge < -0.3 is 5.32 Å². The van der Waals surface area contributed by atoms with Gasteiger partial charge in [-0.25, -0.2) is 0 Å². The molecule has 110 valence electrons. The molecule has 1 rings (SSSR count). The number of rotatable bonds is 9. The monoisotopic (exact) mass is 303 g/mol. The van der Waals surface area contributed by atoms with Gasteiger partial charge in [0.15, 0.2) is 0 Å². The summed E-state index contributed by atoms with van der Waals surface area (Å²) >= 11 is 8.32. The first-order valence-electron chi connectivity index (χ1n) is 7.15. The van der Waals surface area contributed by atoms with Crippen molar-refractivity contribution in [2.24, 2.45) is 0 Å². The maximum atomic E-state index is 6.34. The Morgan fingerprint density at radius 2 is 2.11 bits per heavy atom. The minimum atomic E-state index is 0.286. The molecule has 1 N–H and O–H groups in total. The van der Waals surface area contributed by atoms with Crippen LogP contribution in [0.25, 0.3) is 0 Å². The van der Waals surface area contributed by atoms with E-state index in [1.54, 1.807) is 6.20 Å². The lowest BCUT2D eigenvalue weighted by Gasteiger charge is -2.22. The Labute approximate surface area is 126 Å². The number of nitrogens with one attached hydrogen (secondary N) is 1. The Kier molecular flexibility index (Phi) is 7.88. The summed E-state index contributed by atoms with van der Waals surface area (Å²) in [7, 11) is 0. The van der Waals surface area contributed by atoms with E-state index in [1.165, 1.54) is 12.2 Å². The third kappa shape index (κ3) is 5.01. The number of thioether (sulfide) groups is 1. The van der Waals surface area contributed by atoms with Gasteiger partial charge in [-0.2, -0.15) is 16.9 Å². The molecule has 0 saturated carbocycles. The van der Waals surface area contributed by atoms with Crippen LogP contribution in [0.15, 0.2) is 6.20 Å². The van der Waals surface area contributed by atoms with Crippen LogP contribution in [-0.2, 0) is 0 Å². The van der Waals surface area contributed by atoms with Crippen molar-refractivity contribution in [1.29, 1.82) is 0 Å². The predicted molar refractivity (Wildman–Crippen MR) is 86.3 cm³/mol. The molecule has 0 aliphatic carbocycles. The van der Waals surface area contributed by atoms with E-state index in [4.69, 9.17) is 11.6 Å². The Hall–Kier alpha value is -0.190. The summed E-state index contributed by atoms with van der Waals surface area (Å²) in [5.74, 6) is 2.24. The van der Waals surface area contributed by atoms with Gasteiger partial charge in [0.05, 0.1) is 23.0 Å². The second kappa shape index (κ2) is 8.88. The van der Waals surface area contributed by atoms with Crippen LogP contribution in [-0.4, -0.2) is 27.8 Å². The molecule has 0 aliphatic heterocycles. The highest BCUT2D eigenvalue weighted by molar-refractivity contribution is 7.99. The Balaban J connectivity index is 2.85. The van der Waals surface area contributed by atoms with Crippen LogP contribution in [0.2, 0.25) is 5.02 Å². The first-order valence-corrected chi connectivity index (χ1v) is 8.69. The SMILES string of the molecule is CCCNC(CSCCC)c1c(Cl)cnn1C(C)C. The molecule has 1 aromatic heterocycles. The molecule has 0 bridgehead atoms. The number of aromatic nitrogens is 2. The molecule has 5 heteroatoms. The Bertz CT molecular complexity index is 366. The first kappa shape index (κ1) is 16.9. The number of nitrogens with zero attached hydrogens (tertiary/aromatic N) is 2. The quantitative estimate of drug-likeness (QED) is 0.690. The largest absolute Gasteiger partial charge is 0.308 e. The molecule has 1 aromatic rings. The normalized spacial score (nSPS) is 13.2. The van der Waals surface area contributed by atoms with Crippen molar-refractivity contribution in [3.05, 3.63) is 16.9 Å². The van der Waals surface area contributed by atoms with Crippen molar-refractivity contribution < 1.29 is 0 Å². The standard InChI is InChI=1S/C14H26ClN3S/c1-5-7-16-13(10-19-8-6-2)14-12(15)9-17-18(14)11(3)4/h9,11,13,16H,5-8,10H2,1-4H3. The van der Waals surface area contributed by atoms with Crippen LogP contribution in [0.4, 0.5) is 0 Å². The topological polar surface area (TPSA) is 29.9 Å². The minimum absolute atomic E-state index is 0.286. The lowest BCUT2D eigenvalue weighted by atomic mass is 10.2. The highest BCUT2D eigenvalue weighted by Crippen LogP contribution is 2.28. The zero-order valence-electron chi connectivity index (χ0n) is 12.4. The highest BCUT2D eigenvalue weighted by Gasteiger charge is 2.21. The molecule has 1 heterocycles. The molecule has 1 unspecified atom stereocenters. The van der Waals surface area contributed by atoms with Crippen molar-refractivity contribution >= 4 is 23.4 Å². The molecule has 0 fully saturated rings. The molecule has 1 atom stereocenters. The predicted octanol–water partition coefficient (Wildman–Crippen LogP) is 4.30. The lowest BCUT2D eigenvalue weighted by molar-refractivity contribution is 0.463. The van der Waals surface area contributed by atoms with E-state index in [2.05, 4.69) is 38.1 Å². The number of hydrogen-bond acceptors (Lipinski definition) is 3. The Morgan fingerprint density at radius 3 is 2.68 bits per heavy atom. The second-order valence-corrected chi connectivity index (χ2v) is 6.55. The fourth-order valence-corrected chi connectivity index (χ4v) is 3.22. The van der Waals surface area contributed by atoms with Gasteiger partial charge in [0.2, 0.25) is 0 Å². The summed E-state index contributed by atoms with van der Waals surface area (Å²) in [5.41, 5.74) is 1.13. The van der Waals surface area contributed by atoms with Gasteiger partial charge in [0.1, 0.15) is 0 Å². The van der Waals surface area contributed by atoms with Gasteiger partial charge in [-0.3, -0.25) is 4.68 Å². The number of hydrogen-bond donors (Lipinski definition) is 1. The lowest BCUT2D eigenvalue weighted by Crippen LogP contribution is -2.27. The maximum absolute atomic E-state index is 6.34. The van der Waals surface area contributed by atoms with Gasteiger partial charge in [-0.15, -0.1) is 0 Å². The van der Waals surface area contributed by atoms with Crippen LogP contribution in [0.5, 0.6) is 0 Å². The zero-order valence-corrected chi connectivity index (χ0v) is 14.0. The van der Waals surface area contributed by atoms with Crippen molar-refractivity contribution in [2.75, 3.05) is 18.1 Å². The molecule has 0 radical (unpaired) electrons. The van der Waals surface area contributed by atoms with Crippen LogP contribution < -0.4 is 5.32 Å². The van der Waals surface area contributed by atoms with Crippen molar-refractivity contribution in [2.45, 2.75) is 52.6 Å². The van der Waals surface area contributed by atoms with Gasteiger partial charge in [0.25, 0.3) is 0 Å². The van der Waals surface area contributed by atoms with E-state index in [9.17, 15) is 0 Å². The zero-order chi connectivity index (χ0) is 14.3. The fourth-order valence-electron chi connectivity index (χ4n) is 1.99. The van der Waals surface area contributed by atoms with Crippen molar-refractivity contribution in [3.8, 4) is 0 Å². The van der Waals surface area contributed by atoms with Gasteiger partial charge in [0, 0.05) is 11.8 Å². The van der Waals surface area contributed by atoms with Crippen LogP contribution in [0.3, 0.4) is 0 Å². The smallest absolute Gasteiger partial charge is 0.0834 e. The minimum Gasteiger partial charge on any atom is -0.308 e. The molecule has 19 heavy (non-hydrogen) atoms. The van der Waals surface area contributed by atoms with E-state index < -0.39 is 0 Å². The molecular formula is C14H26ClN3S. The molecule has 0 aromatic carbocycles. The van der Waals surface area contributed by atoms with E-state index in [1.807, 2.05) is 16.4 Å². The molecule has 0 aliphatic rings. The Morgan fingerprint density at radius 1 is 1.37 bits per heavy atom. The molecular weight excluding hydrogens is 278 g/mol. The highest BCUT2D eigenvalue weighted by atomic mass is 35.5. The van der Waals surface area contributed by atoms with E-state index in [0.717, 1.165) is 29.4 Å². The van der Waals surface area contributed by atoms with Crippen molar-refractivity contribution in [1.82, 2.24) is 15.1 Å². The molecule has 0 spiro atoms. The summed E-state index contributed by atoms with van der Waals surface area (Å²) in [6.45, 7) is 9.69. The van der Waals surface area contributed by atoms with Crippen molar-refractivity contribution in [3.63, 3.8) is 0 Å². The van der Waals surface area contributed by atoms with Crippen LogP contribution in [0.1, 0.15) is 58.3 Å². The molecule has 0 amide bonds. The van der Waals surface area contributed by atoms with Gasteiger partial charge >= 0.3 is 0 Å². The van der Waals surface area contributed by atoms with Crippen LogP contribution >= 0.6 is 23.4 Å². The van der Waals surface area contributed by atoms with E-state index in [0.29, 0.717) is 6.04 Å². The third-order valence-corrected chi connectivity index (χ3v) is 4.44. The third-order valence-electron chi connectivity index (χ3n) is 2.88. The average Bonchev–Trinajstić information content (AvgIpc) is 2.76. The van der Waals surface area contributed by atoms with Crippen LogP contribution in [0, 0.1) is 0 Å². The fraction of sp³-hybridized carbons (Fsp3) is 0.786. The maximum Gasteiger partial charge on any atom is 0.0834 e. The summed E-state index contributed by atoms with van der Waals surface area (Å²) in [6.07, 6.45) is 4.10. The average molecular weight is 304 g/mol. The van der Waals surface area contributed by atoms with Gasteiger partial charge in [-0.1, -0.05) is 25.4 Å². The number of halogens is 1.